The molecule has 1 aromatic heterocycles. The summed E-state index contributed by atoms with van der Waals surface area (Å²) in [6.45, 7) is 0.433. The third-order valence-electron chi connectivity index (χ3n) is 5.65. The lowest BCUT2D eigenvalue weighted by Gasteiger charge is -2.20. The van der Waals surface area contributed by atoms with Crippen LogP contribution >= 0.6 is 0 Å². The summed E-state index contributed by atoms with van der Waals surface area (Å²) in [6, 6.07) is 26.5. The fraction of sp³-hybridized carbons (Fsp3) is 0.115. The van der Waals surface area contributed by atoms with E-state index < -0.39 is 12.0 Å². The SMILES string of the molecule is NC(=O)c1cc(-c2ccccc2)ccc1N1CCC(Oc2ccc3ccccc3n2)C1=O. The molecular formula is C26H21N3O3. The lowest BCUT2D eigenvalue weighted by Crippen LogP contribution is -2.33. The lowest BCUT2D eigenvalue weighted by atomic mass is 10.0. The first-order valence-corrected chi connectivity index (χ1v) is 10.4. The molecule has 1 fully saturated rings. The highest BCUT2D eigenvalue weighted by molar-refractivity contribution is 6.07. The highest BCUT2D eigenvalue weighted by Gasteiger charge is 2.36. The Kier molecular flexibility index (Phi) is 5.03. The number of nitrogens with zero attached hydrogens (tertiary/aromatic N) is 2. The van der Waals surface area contributed by atoms with Gasteiger partial charge < -0.3 is 15.4 Å². The van der Waals surface area contributed by atoms with Crippen molar-refractivity contribution >= 4 is 28.4 Å². The van der Waals surface area contributed by atoms with E-state index in [4.69, 9.17) is 10.5 Å². The molecule has 0 saturated carbocycles. The Morgan fingerprint density at radius 3 is 2.53 bits per heavy atom. The summed E-state index contributed by atoms with van der Waals surface area (Å²) in [5.74, 6) is -0.389. The van der Waals surface area contributed by atoms with Crippen molar-refractivity contribution < 1.29 is 14.3 Å². The molecule has 6 heteroatoms. The van der Waals surface area contributed by atoms with Gasteiger partial charge >= 0.3 is 0 Å². The number of para-hydroxylation sites is 1. The Balaban J connectivity index is 1.40. The van der Waals surface area contributed by atoms with E-state index in [2.05, 4.69) is 4.98 Å². The number of fused-ring (bicyclic) bond motifs is 1. The van der Waals surface area contributed by atoms with E-state index in [9.17, 15) is 9.59 Å². The number of anilines is 1. The Labute approximate surface area is 185 Å². The maximum Gasteiger partial charge on any atom is 0.268 e. The number of carbonyl (C=O) groups excluding carboxylic acids is 2. The monoisotopic (exact) mass is 423 g/mol. The molecule has 1 unspecified atom stereocenters. The fourth-order valence-electron chi connectivity index (χ4n) is 4.04. The minimum atomic E-state index is -0.668. The molecule has 6 nitrogen and oxygen atoms in total. The predicted molar refractivity (Wildman–Crippen MR) is 124 cm³/mol. The number of primary amides is 1. The van der Waals surface area contributed by atoms with Crippen LogP contribution in [0.3, 0.4) is 0 Å². The number of benzene rings is 3. The Hall–Kier alpha value is -4.19. The number of amides is 2. The molecule has 1 aliphatic rings. The van der Waals surface area contributed by atoms with Gasteiger partial charge in [0, 0.05) is 24.4 Å². The quantitative estimate of drug-likeness (QED) is 0.522. The first kappa shape index (κ1) is 19.8. The van der Waals surface area contributed by atoms with Crippen LogP contribution in [0.1, 0.15) is 16.8 Å². The van der Waals surface area contributed by atoms with E-state index in [0.717, 1.165) is 22.0 Å². The second-order valence-corrected chi connectivity index (χ2v) is 7.69. The van der Waals surface area contributed by atoms with E-state index in [1.54, 1.807) is 23.1 Å². The zero-order valence-corrected chi connectivity index (χ0v) is 17.3. The van der Waals surface area contributed by atoms with E-state index in [-0.39, 0.29) is 5.91 Å². The van der Waals surface area contributed by atoms with E-state index in [1.807, 2.05) is 66.7 Å². The second-order valence-electron chi connectivity index (χ2n) is 7.69. The van der Waals surface area contributed by atoms with Gasteiger partial charge in [-0.2, -0.15) is 0 Å². The van der Waals surface area contributed by atoms with E-state index in [1.165, 1.54) is 0 Å². The second kappa shape index (κ2) is 8.15. The molecule has 2 N–H and O–H groups in total. The number of rotatable bonds is 5. The Morgan fingerprint density at radius 2 is 1.72 bits per heavy atom. The largest absolute Gasteiger partial charge is 0.464 e. The molecule has 32 heavy (non-hydrogen) atoms. The average Bonchev–Trinajstić information content (AvgIpc) is 3.19. The molecule has 158 valence electrons. The van der Waals surface area contributed by atoms with Gasteiger partial charge in [0.25, 0.3) is 11.8 Å². The van der Waals surface area contributed by atoms with Crippen LogP contribution in [-0.2, 0) is 4.79 Å². The van der Waals surface area contributed by atoms with E-state index in [0.29, 0.717) is 30.1 Å². The molecule has 1 atom stereocenters. The summed E-state index contributed by atoms with van der Waals surface area (Å²) in [5.41, 5.74) is 9.12. The van der Waals surface area contributed by atoms with Crippen molar-refractivity contribution in [3.63, 3.8) is 0 Å². The number of pyridine rings is 1. The molecule has 5 rings (SSSR count). The first-order chi connectivity index (χ1) is 15.6. The fourth-order valence-corrected chi connectivity index (χ4v) is 4.04. The normalized spacial score (nSPS) is 15.8. The minimum absolute atomic E-state index is 0.213. The molecule has 3 aromatic carbocycles. The van der Waals surface area contributed by atoms with Crippen molar-refractivity contribution in [2.45, 2.75) is 12.5 Å². The minimum Gasteiger partial charge on any atom is -0.464 e. The van der Waals surface area contributed by atoms with Crippen LogP contribution in [0.4, 0.5) is 5.69 Å². The first-order valence-electron chi connectivity index (χ1n) is 10.4. The van der Waals surface area contributed by atoms with E-state index >= 15 is 0 Å². The van der Waals surface area contributed by atoms with Gasteiger partial charge in [0.1, 0.15) is 0 Å². The Bertz CT molecular complexity index is 1320. The number of aromatic nitrogens is 1. The highest BCUT2D eigenvalue weighted by Crippen LogP contribution is 2.31. The molecular weight excluding hydrogens is 402 g/mol. The topological polar surface area (TPSA) is 85.5 Å². The van der Waals surface area contributed by atoms with Gasteiger partial charge in [-0.15, -0.1) is 0 Å². The van der Waals surface area contributed by atoms with Gasteiger partial charge in [-0.25, -0.2) is 4.98 Å². The molecule has 4 aromatic rings. The van der Waals surface area contributed by atoms with Crippen molar-refractivity contribution in [2.75, 3.05) is 11.4 Å². The van der Waals surface area contributed by atoms with Gasteiger partial charge in [0.2, 0.25) is 5.88 Å². The lowest BCUT2D eigenvalue weighted by molar-refractivity contribution is -0.123. The van der Waals surface area contributed by atoms with Crippen LogP contribution in [0.25, 0.3) is 22.0 Å². The molecule has 2 amide bonds. The summed E-state index contributed by atoms with van der Waals surface area (Å²) < 4.78 is 5.92. The maximum absolute atomic E-state index is 13.1. The van der Waals surface area contributed by atoms with Crippen molar-refractivity contribution in [1.29, 1.82) is 0 Å². The smallest absolute Gasteiger partial charge is 0.268 e. The summed E-state index contributed by atoms with van der Waals surface area (Å²) in [4.78, 5) is 31.4. The van der Waals surface area contributed by atoms with Gasteiger partial charge in [0.15, 0.2) is 6.10 Å². The van der Waals surface area contributed by atoms with Gasteiger partial charge in [0.05, 0.1) is 16.8 Å². The molecule has 0 spiro atoms. The zero-order chi connectivity index (χ0) is 22.1. The molecule has 2 heterocycles. The summed E-state index contributed by atoms with van der Waals surface area (Å²) in [7, 11) is 0. The number of hydrogen-bond acceptors (Lipinski definition) is 4. The molecule has 0 bridgehead atoms. The van der Waals surface area contributed by atoms with Crippen LogP contribution in [0.2, 0.25) is 0 Å². The third-order valence-corrected chi connectivity index (χ3v) is 5.65. The number of ether oxygens (including phenoxy) is 1. The number of hydrogen-bond donors (Lipinski definition) is 1. The summed E-state index contributed by atoms with van der Waals surface area (Å²) >= 11 is 0. The third kappa shape index (κ3) is 3.67. The number of nitrogens with two attached hydrogens (primary N) is 1. The van der Waals surface area contributed by atoms with Crippen LogP contribution in [-0.4, -0.2) is 29.4 Å². The molecule has 0 radical (unpaired) electrons. The predicted octanol–water partition coefficient (Wildman–Crippen LogP) is 4.19. The van der Waals surface area contributed by atoms with Crippen LogP contribution in [0, 0.1) is 0 Å². The van der Waals surface area contributed by atoms with Crippen molar-refractivity contribution in [1.82, 2.24) is 4.98 Å². The summed E-state index contributed by atoms with van der Waals surface area (Å²) in [5, 5.41) is 1.00. The maximum atomic E-state index is 13.1. The highest BCUT2D eigenvalue weighted by atomic mass is 16.5. The van der Waals surface area contributed by atoms with Gasteiger partial charge in [-0.05, 0) is 35.4 Å². The molecule has 1 aliphatic heterocycles. The van der Waals surface area contributed by atoms with Gasteiger partial charge in [-0.3, -0.25) is 9.59 Å². The molecule has 1 saturated heterocycles. The van der Waals surface area contributed by atoms with Crippen molar-refractivity contribution in [2.24, 2.45) is 5.73 Å². The zero-order valence-electron chi connectivity index (χ0n) is 17.3. The molecule has 0 aliphatic carbocycles. The van der Waals surface area contributed by atoms with Gasteiger partial charge in [-0.1, -0.05) is 54.6 Å². The van der Waals surface area contributed by atoms with Crippen molar-refractivity contribution in [3.05, 3.63) is 90.5 Å². The summed E-state index contributed by atoms with van der Waals surface area (Å²) in [6.07, 6.45) is -0.176. The van der Waals surface area contributed by atoms with Crippen LogP contribution in [0.15, 0.2) is 84.9 Å². The van der Waals surface area contributed by atoms with Crippen LogP contribution in [0.5, 0.6) is 5.88 Å². The Morgan fingerprint density at radius 1 is 0.938 bits per heavy atom. The van der Waals surface area contributed by atoms with Crippen molar-refractivity contribution in [3.8, 4) is 17.0 Å². The standard InChI is InChI=1S/C26H21N3O3/c27-25(30)20-16-19(17-6-2-1-3-7-17)10-12-22(20)29-15-14-23(26(29)31)32-24-13-11-18-8-4-5-9-21(18)28-24/h1-13,16,23H,14-15H2,(H2,27,30). The average molecular weight is 423 g/mol. The van der Waals surface area contributed by atoms with Crippen LogP contribution < -0.4 is 15.4 Å². The number of carbonyl (C=O) groups is 2.